The molecule has 38 valence electrons. The van der Waals surface area contributed by atoms with Crippen LogP contribution in [0.5, 0.6) is 0 Å². The zero-order chi connectivity index (χ0) is 0. The van der Waals surface area contributed by atoms with Crippen LogP contribution in [0.1, 0.15) is 0 Å². The van der Waals surface area contributed by atoms with Crippen molar-refractivity contribution in [2.45, 2.75) is 0 Å². The molecule has 0 unspecified atom stereocenters. The smallest absolute Gasteiger partial charge is 2.00 e. The van der Waals surface area contributed by atoms with E-state index in [1.165, 1.54) is 0 Å². The predicted molar refractivity (Wildman–Crippen MR) is 14.3 cm³/mol. The first-order chi connectivity index (χ1) is 0. The van der Waals surface area contributed by atoms with Gasteiger partial charge in [-0.25, -0.2) is 0 Å². The number of rotatable bonds is 0. The van der Waals surface area contributed by atoms with E-state index in [1.54, 1.807) is 0 Å². The van der Waals surface area contributed by atoms with Crippen molar-refractivity contribution in [1.29, 1.82) is 0 Å². The van der Waals surface area contributed by atoms with E-state index in [0.29, 0.717) is 0 Å². The van der Waals surface area contributed by atoms with Gasteiger partial charge in [0.05, 0.1) is 0 Å². The van der Waals surface area contributed by atoms with Crippen LogP contribution in [0.15, 0.2) is 0 Å². The van der Waals surface area contributed by atoms with Gasteiger partial charge in [0.25, 0.3) is 0 Å². The van der Waals surface area contributed by atoms with Crippen molar-refractivity contribution < 1.29 is 41.4 Å². The van der Waals surface area contributed by atoms with E-state index in [0.717, 1.165) is 0 Å². The van der Waals surface area contributed by atoms with E-state index in [2.05, 4.69) is 0 Å². The van der Waals surface area contributed by atoms with Crippen molar-refractivity contribution in [3.05, 3.63) is 0 Å². The van der Waals surface area contributed by atoms with Crippen molar-refractivity contribution >= 4 is 16.8 Å². The fourth-order valence-electron chi connectivity index (χ4n) is 0. The molecule has 0 N–H and O–H groups in total. The van der Waals surface area contributed by atoms with Gasteiger partial charge in [0.15, 0.2) is 0 Å². The summed E-state index contributed by atoms with van der Waals surface area (Å²) in [4.78, 5) is 0. The summed E-state index contributed by atoms with van der Waals surface area (Å²) in [6.45, 7) is 0. The molecule has 0 aromatic carbocycles. The molecule has 0 aromatic heterocycles. The van der Waals surface area contributed by atoms with Gasteiger partial charge >= 0.3 is 19.5 Å². The molecule has 0 aliphatic rings. The molecule has 0 spiro atoms. The van der Waals surface area contributed by atoms with Crippen LogP contribution in [-0.2, 0) is 41.4 Å². The summed E-state index contributed by atoms with van der Waals surface area (Å²) in [7, 11) is 0. The summed E-state index contributed by atoms with van der Waals surface area (Å²) in [5.74, 6) is 0. The van der Waals surface area contributed by atoms with Gasteiger partial charge in [-0.1, -0.05) is 0 Å². The fourth-order valence-corrected chi connectivity index (χ4v) is 0. The molecular weight excluding hydrogens is 151 g/mol. The second kappa shape index (κ2) is 586. The van der Waals surface area contributed by atoms with Gasteiger partial charge in [0.1, 0.15) is 0 Å². The summed E-state index contributed by atoms with van der Waals surface area (Å²) >= 11 is 0. The molecule has 0 heterocycles. The van der Waals surface area contributed by atoms with Gasteiger partial charge in [0.2, 0.25) is 0 Å². The van der Waals surface area contributed by atoms with Crippen LogP contribution in [-0.4, -0.2) is 16.8 Å². The third-order valence-electron chi connectivity index (χ3n) is 0. The normalized spacial score (nSPS) is 0. The molecule has 0 aliphatic carbocycles. The van der Waals surface area contributed by atoms with Crippen molar-refractivity contribution in [2.24, 2.45) is 0 Å². The van der Waals surface area contributed by atoms with Crippen LogP contribution in [0.25, 0.3) is 0 Å². The van der Waals surface area contributed by atoms with E-state index in [-0.39, 0.29) is 58.2 Å². The summed E-state index contributed by atoms with van der Waals surface area (Å²) < 4.78 is 0. The Labute approximate surface area is 58.8 Å². The second-order valence-electron chi connectivity index (χ2n) is 0. The maximum atomic E-state index is 0. The molecule has 0 rings (SSSR count). The standard InChI is InChI=1S/2B.4O.Zn/q;;4*-2;+2. The quantitative estimate of drug-likeness (QED) is 0.385. The van der Waals surface area contributed by atoms with Crippen LogP contribution in [0, 0.1) is 0 Å². The minimum atomic E-state index is 0. The molecule has 0 amide bonds. The molecule has 0 saturated carbocycles. The Balaban J connectivity index is 0. The number of hydrogen-bond donors (Lipinski definition) is 0. The SMILES string of the molecule is [B].[B].[O-2].[O-2].[O-2].[O-2].[Zn+2]. The minimum Gasteiger partial charge on any atom is -2.00 e. The fraction of sp³-hybridized carbons (Fsp3) is 0. The van der Waals surface area contributed by atoms with Gasteiger partial charge in [-0.15, -0.1) is 0 Å². The zero-order valence-corrected chi connectivity index (χ0v) is 6.46. The summed E-state index contributed by atoms with van der Waals surface area (Å²) in [6, 6.07) is 0. The van der Waals surface area contributed by atoms with Crippen molar-refractivity contribution in [3.8, 4) is 0 Å². The van der Waals surface area contributed by atoms with Gasteiger partial charge in [-0.3, -0.25) is 0 Å². The van der Waals surface area contributed by atoms with Gasteiger partial charge < -0.3 is 21.9 Å². The van der Waals surface area contributed by atoms with E-state index in [9.17, 15) is 0 Å². The van der Waals surface area contributed by atoms with Gasteiger partial charge in [-0.2, -0.15) is 0 Å². The van der Waals surface area contributed by atoms with Crippen LogP contribution in [0.3, 0.4) is 0 Å². The van der Waals surface area contributed by atoms with Gasteiger partial charge in [0, 0.05) is 16.8 Å². The molecule has 0 aliphatic heterocycles. The maximum absolute atomic E-state index is 0. The second-order valence-corrected chi connectivity index (χ2v) is 0. The molecule has 0 saturated heterocycles. The average molecular weight is 151 g/mol. The molecule has 7 heteroatoms. The topological polar surface area (TPSA) is 114 Å². The van der Waals surface area contributed by atoms with E-state index in [1.807, 2.05) is 0 Å². The van der Waals surface area contributed by atoms with Crippen molar-refractivity contribution in [1.82, 2.24) is 0 Å². The Kier molecular flexibility index (Phi) is 78500. The Morgan fingerprint density at radius 2 is 0.429 bits per heavy atom. The Bertz CT molecular complexity index is 9.65. The Morgan fingerprint density at radius 1 is 0.429 bits per heavy atom. The molecule has 4 nitrogen and oxygen atoms in total. The monoisotopic (exact) mass is 150 g/mol. The molecule has 0 fully saturated rings. The summed E-state index contributed by atoms with van der Waals surface area (Å²) in [5, 5.41) is 0. The molecular formula is B2O4Zn-6. The van der Waals surface area contributed by atoms with E-state index >= 15 is 0 Å². The minimum absolute atomic E-state index is 0. The van der Waals surface area contributed by atoms with Crippen molar-refractivity contribution in [2.75, 3.05) is 0 Å². The predicted octanol–water partition coefficient (Wildman–Crippen LogP) is -1.24. The first-order valence-electron chi connectivity index (χ1n) is 0. The molecule has 0 aromatic rings. The largest absolute Gasteiger partial charge is 2.00 e. The van der Waals surface area contributed by atoms with Crippen molar-refractivity contribution in [3.63, 3.8) is 0 Å². The Hall–Kier alpha value is 0.593. The summed E-state index contributed by atoms with van der Waals surface area (Å²) in [5.41, 5.74) is 0. The zero-order valence-electron chi connectivity index (χ0n) is 3.49. The summed E-state index contributed by atoms with van der Waals surface area (Å²) in [6.07, 6.45) is 0. The Morgan fingerprint density at radius 3 is 0.429 bits per heavy atom. The molecule has 0 atom stereocenters. The molecule has 0 bridgehead atoms. The molecule has 7 heavy (non-hydrogen) atoms. The van der Waals surface area contributed by atoms with E-state index in [4.69, 9.17) is 0 Å². The van der Waals surface area contributed by atoms with Gasteiger partial charge in [-0.05, 0) is 0 Å². The maximum Gasteiger partial charge on any atom is 2.00 e. The third kappa shape index (κ3) is 395. The van der Waals surface area contributed by atoms with Crippen LogP contribution >= 0.6 is 0 Å². The number of hydrogen-bond acceptors (Lipinski definition) is 0. The average Bonchev–Trinajstić information content (AvgIpc) is 0. The van der Waals surface area contributed by atoms with E-state index < -0.39 is 0 Å². The molecule has 6 radical (unpaired) electrons. The van der Waals surface area contributed by atoms with Crippen LogP contribution < -0.4 is 0 Å². The van der Waals surface area contributed by atoms with Crippen LogP contribution in [0.4, 0.5) is 0 Å². The third-order valence-corrected chi connectivity index (χ3v) is 0. The first-order valence-corrected chi connectivity index (χ1v) is 0. The van der Waals surface area contributed by atoms with Crippen LogP contribution in [0.2, 0.25) is 0 Å². The first kappa shape index (κ1) is 938.